The molecule has 0 spiro atoms. The summed E-state index contributed by atoms with van der Waals surface area (Å²) in [5.41, 5.74) is 1.57. The van der Waals surface area contributed by atoms with Crippen molar-refractivity contribution in [2.24, 2.45) is 5.41 Å². The van der Waals surface area contributed by atoms with Gasteiger partial charge in [0.25, 0.3) is 0 Å². The van der Waals surface area contributed by atoms with Crippen molar-refractivity contribution in [3.63, 3.8) is 0 Å². The summed E-state index contributed by atoms with van der Waals surface area (Å²) in [6, 6.07) is 9.62. The number of pyridine rings is 1. The van der Waals surface area contributed by atoms with Crippen LogP contribution in [0, 0.1) is 28.7 Å². The van der Waals surface area contributed by atoms with Crippen molar-refractivity contribution >= 4 is 14.7 Å². The maximum Gasteiger partial charge on any atom is 0.205 e. The molecule has 4 aromatic rings. The van der Waals surface area contributed by atoms with Crippen LogP contribution < -0.4 is 0 Å². The van der Waals surface area contributed by atoms with Crippen LogP contribution >= 0.6 is 0 Å². The van der Waals surface area contributed by atoms with Crippen molar-refractivity contribution in [1.82, 2.24) is 9.38 Å². The molecule has 1 radical (unpaired) electrons. The van der Waals surface area contributed by atoms with Crippen LogP contribution in [0.25, 0.3) is 28.0 Å². The van der Waals surface area contributed by atoms with Gasteiger partial charge in [0.2, 0.25) is 9.04 Å². The van der Waals surface area contributed by atoms with Gasteiger partial charge < -0.3 is 8.83 Å². The fourth-order valence-electron chi connectivity index (χ4n) is 3.88. The summed E-state index contributed by atoms with van der Waals surface area (Å²) in [5.74, 6) is -3.21. The molecule has 34 heavy (non-hydrogen) atoms. The van der Waals surface area contributed by atoms with Crippen LogP contribution in [0.1, 0.15) is 32.4 Å². The molecule has 2 aromatic heterocycles. The van der Waals surface area contributed by atoms with E-state index in [1.807, 2.05) is 33.9 Å². The molecule has 3 nitrogen and oxygen atoms in total. The van der Waals surface area contributed by atoms with Crippen LogP contribution in [0.3, 0.4) is 0 Å². The third kappa shape index (κ3) is 4.65. The van der Waals surface area contributed by atoms with Crippen LogP contribution in [0.15, 0.2) is 54.9 Å². The Labute approximate surface area is 197 Å². The largest absolute Gasteiger partial charge is 0.410 e. The summed E-state index contributed by atoms with van der Waals surface area (Å²) in [4.78, 5) is 4.44. The van der Waals surface area contributed by atoms with E-state index in [2.05, 4.69) is 4.98 Å². The van der Waals surface area contributed by atoms with E-state index in [0.29, 0.717) is 22.5 Å². The molecule has 8 heteroatoms. The van der Waals surface area contributed by atoms with E-state index in [1.54, 1.807) is 28.9 Å². The van der Waals surface area contributed by atoms with Crippen LogP contribution in [0.2, 0.25) is 13.1 Å². The van der Waals surface area contributed by atoms with Gasteiger partial charge >= 0.3 is 0 Å². The summed E-state index contributed by atoms with van der Waals surface area (Å²) in [7, 11) is -1.23. The molecule has 0 fully saturated rings. The average Bonchev–Trinajstić information content (AvgIpc) is 3.17. The number of rotatable bonds is 5. The lowest BCUT2D eigenvalue weighted by Gasteiger charge is -2.33. The van der Waals surface area contributed by atoms with E-state index in [9.17, 15) is 13.2 Å². The van der Waals surface area contributed by atoms with Gasteiger partial charge in [0.15, 0.2) is 11.6 Å². The first-order chi connectivity index (χ1) is 16.0. The van der Waals surface area contributed by atoms with Crippen LogP contribution in [-0.4, -0.2) is 18.4 Å². The van der Waals surface area contributed by atoms with Crippen molar-refractivity contribution in [3.8, 4) is 22.4 Å². The maximum atomic E-state index is 15.8. The van der Waals surface area contributed by atoms with Gasteiger partial charge in [0, 0.05) is 29.1 Å². The van der Waals surface area contributed by atoms with Gasteiger partial charge in [-0.15, -0.1) is 0 Å². The molecule has 0 amide bonds. The zero-order valence-corrected chi connectivity index (χ0v) is 20.6. The predicted octanol–water partition coefficient (Wildman–Crippen LogP) is 7.58. The molecule has 1 unspecified atom stereocenters. The van der Waals surface area contributed by atoms with E-state index in [4.69, 9.17) is 4.43 Å². The van der Waals surface area contributed by atoms with Crippen LogP contribution in [0.5, 0.6) is 0 Å². The second kappa shape index (κ2) is 9.00. The van der Waals surface area contributed by atoms with Crippen molar-refractivity contribution < 1.29 is 22.0 Å². The van der Waals surface area contributed by atoms with Crippen molar-refractivity contribution in [2.45, 2.75) is 40.0 Å². The number of hydrogen-bond acceptors (Lipinski definition) is 2. The minimum absolute atomic E-state index is 0.0793. The molecule has 0 saturated carbocycles. The van der Waals surface area contributed by atoms with E-state index < -0.39 is 43.8 Å². The molecule has 0 bridgehead atoms. The molecular formula is C26H25F4N2OSi. The molecule has 0 saturated heterocycles. The Bertz CT molecular complexity index is 1360. The third-order valence-electron chi connectivity index (χ3n) is 5.51. The van der Waals surface area contributed by atoms with Crippen molar-refractivity contribution in [3.05, 3.63) is 83.7 Å². The van der Waals surface area contributed by atoms with E-state index in [1.165, 1.54) is 18.2 Å². The smallest absolute Gasteiger partial charge is 0.205 e. The highest BCUT2D eigenvalue weighted by atomic mass is 28.3. The lowest BCUT2D eigenvalue weighted by molar-refractivity contribution is 0.0796. The number of aromatic nitrogens is 2. The summed E-state index contributed by atoms with van der Waals surface area (Å²) >= 11 is 0. The first-order valence-corrected chi connectivity index (χ1v) is 13.3. The van der Waals surface area contributed by atoms with E-state index in [-0.39, 0.29) is 11.1 Å². The SMILES string of the molecule is C[Si](C)OC(c1c(F)ccc(-c2ccc3nc(-c4ccc(F)c(F)c4)cn3c2)c1F)C(C)(C)C. The molecule has 2 heterocycles. The Morgan fingerprint density at radius 3 is 2.18 bits per heavy atom. The van der Waals surface area contributed by atoms with Crippen molar-refractivity contribution in [2.75, 3.05) is 0 Å². The Balaban J connectivity index is 1.80. The number of fused-ring (bicyclic) bond motifs is 1. The minimum atomic E-state index is -1.23. The van der Waals surface area contributed by atoms with Crippen LogP contribution in [-0.2, 0) is 4.43 Å². The van der Waals surface area contributed by atoms with Crippen LogP contribution in [0.4, 0.5) is 17.6 Å². The summed E-state index contributed by atoms with van der Waals surface area (Å²) in [6.45, 7) is 9.55. The average molecular weight is 486 g/mol. The molecule has 0 aliphatic heterocycles. The molecule has 0 aliphatic carbocycles. The number of hydrogen-bond donors (Lipinski definition) is 0. The standard InChI is InChI=1S/C26H25F4N2OSi/c1-26(2,3)25(33-34(4)5)23-19(28)10-8-17(24(23)30)16-7-11-22-31-21(14-32(22)13-16)15-6-9-18(27)20(29)12-15/h6-14,25H,1-5H3. The molecular weight excluding hydrogens is 460 g/mol. The molecule has 0 N–H and O–H groups in total. The Hall–Kier alpha value is -2.97. The van der Waals surface area contributed by atoms with Gasteiger partial charge in [0.05, 0.1) is 17.4 Å². The Morgan fingerprint density at radius 2 is 1.53 bits per heavy atom. The second-order valence-electron chi connectivity index (χ2n) is 9.53. The number of nitrogens with zero attached hydrogens (tertiary/aromatic N) is 2. The van der Waals surface area contributed by atoms with Gasteiger partial charge in [-0.2, -0.15) is 0 Å². The highest BCUT2D eigenvalue weighted by Gasteiger charge is 2.34. The van der Waals surface area contributed by atoms with E-state index in [0.717, 1.165) is 12.1 Å². The fraction of sp³-hybridized carbons (Fsp3) is 0.269. The quantitative estimate of drug-likeness (QED) is 0.215. The molecule has 2 aromatic carbocycles. The topological polar surface area (TPSA) is 26.5 Å². The molecule has 177 valence electrons. The Morgan fingerprint density at radius 1 is 0.853 bits per heavy atom. The molecule has 0 aliphatic rings. The monoisotopic (exact) mass is 485 g/mol. The Kier molecular flexibility index (Phi) is 6.39. The molecule has 4 rings (SSSR count). The maximum absolute atomic E-state index is 15.8. The number of imidazole rings is 1. The zero-order chi connectivity index (χ0) is 24.8. The lowest BCUT2D eigenvalue weighted by atomic mass is 9.83. The minimum Gasteiger partial charge on any atom is -0.410 e. The second-order valence-corrected chi connectivity index (χ2v) is 11.6. The summed E-state index contributed by atoms with van der Waals surface area (Å²) < 4.78 is 65.4. The van der Waals surface area contributed by atoms with E-state index >= 15 is 4.39 Å². The van der Waals surface area contributed by atoms with Gasteiger partial charge in [-0.05, 0) is 61.0 Å². The number of halogens is 4. The molecule has 1 atom stereocenters. The summed E-state index contributed by atoms with van der Waals surface area (Å²) in [5, 5.41) is 0. The first kappa shape index (κ1) is 24.2. The highest BCUT2D eigenvalue weighted by Crippen LogP contribution is 2.41. The first-order valence-electron chi connectivity index (χ1n) is 10.8. The highest BCUT2D eigenvalue weighted by molar-refractivity contribution is 6.48. The summed E-state index contributed by atoms with van der Waals surface area (Å²) in [6.07, 6.45) is 2.58. The number of benzene rings is 2. The predicted molar refractivity (Wildman–Crippen MR) is 127 cm³/mol. The van der Waals surface area contributed by atoms with Gasteiger partial charge in [0.1, 0.15) is 17.3 Å². The third-order valence-corrected chi connectivity index (χ3v) is 6.21. The van der Waals surface area contributed by atoms with Gasteiger partial charge in [-0.3, -0.25) is 0 Å². The fourth-order valence-corrected chi connectivity index (χ4v) is 4.83. The zero-order valence-electron chi connectivity index (χ0n) is 19.6. The van der Waals surface area contributed by atoms with Gasteiger partial charge in [-0.1, -0.05) is 20.8 Å². The van der Waals surface area contributed by atoms with Crippen molar-refractivity contribution in [1.29, 1.82) is 0 Å². The van der Waals surface area contributed by atoms with Gasteiger partial charge in [-0.25, -0.2) is 22.5 Å². The lowest BCUT2D eigenvalue weighted by Crippen LogP contribution is -2.27. The normalized spacial score (nSPS) is 13.1.